The van der Waals surface area contributed by atoms with Crippen LogP contribution in [-0.2, 0) is 25.5 Å². The first kappa shape index (κ1) is 19.9. The first-order chi connectivity index (χ1) is 12.7. The molecule has 1 unspecified atom stereocenters. The number of hydrogen-bond donors (Lipinski definition) is 2. The van der Waals surface area contributed by atoms with E-state index in [9.17, 15) is 19.8 Å². The van der Waals surface area contributed by atoms with Crippen molar-refractivity contribution in [2.45, 2.75) is 75.8 Å². The van der Waals surface area contributed by atoms with E-state index in [1.807, 2.05) is 24.3 Å². The third-order valence-corrected chi connectivity index (χ3v) is 5.96. The third kappa shape index (κ3) is 4.21. The summed E-state index contributed by atoms with van der Waals surface area (Å²) in [5, 5.41) is 21.1. The molecule has 0 aliphatic heterocycles. The lowest BCUT2D eigenvalue weighted by Gasteiger charge is -2.39. The number of aliphatic hydroxyl groups is 2. The third-order valence-electron chi connectivity index (χ3n) is 5.96. The van der Waals surface area contributed by atoms with E-state index >= 15 is 0 Å². The van der Waals surface area contributed by atoms with Crippen molar-refractivity contribution in [1.82, 2.24) is 0 Å². The molecule has 5 heteroatoms. The Labute approximate surface area is 160 Å². The van der Waals surface area contributed by atoms with Gasteiger partial charge in [-0.05, 0) is 49.3 Å². The molecule has 27 heavy (non-hydrogen) atoms. The van der Waals surface area contributed by atoms with Gasteiger partial charge in [0.05, 0.1) is 11.2 Å². The van der Waals surface area contributed by atoms with E-state index in [-0.39, 0.29) is 11.6 Å². The van der Waals surface area contributed by atoms with Crippen molar-refractivity contribution in [1.29, 1.82) is 0 Å². The Morgan fingerprint density at radius 1 is 0.963 bits per heavy atom. The van der Waals surface area contributed by atoms with E-state index in [0.717, 1.165) is 11.1 Å². The van der Waals surface area contributed by atoms with Gasteiger partial charge in [-0.1, -0.05) is 30.8 Å². The number of ketones is 2. The fraction of sp³-hybridized carbons (Fsp3) is 0.545. The van der Waals surface area contributed by atoms with Crippen molar-refractivity contribution in [3.05, 3.63) is 47.5 Å². The Hall–Kier alpha value is -1.82. The van der Waals surface area contributed by atoms with Crippen molar-refractivity contribution in [2.24, 2.45) is 0 Å². The van der Waals surface area contributed by atoms with Gasteiger partial charge in [-0.2, -0.15) is 0 Å². The lowest BCUT2D eigenvalue weighted by Crippen LogP contribution is -2.39. The van der Waals surface area contributed by atoms with E-state index in [2.05, 4.69) is 6.58 Å². The molecular weight excluding hydrogens is 344 g/mol. The van der Waals surface area contributed by atoms with Gasteiger partial charge in [-0.15, -0.1) is 0 Å². The molecule has 1 aromatic rings. The summed E-state index contributed by atoms with van der Waals surface area (Å²) in [5.41, 5.74) is 0.482. The molecule has 0 saturated heterocycles. The Kier molecular flexibility index (Phi) is 5.65. The highest BCUT2D eigenvalue weighted by atomic mass is 16.6. The van der Waals surface area contributed by atoms with Crippen LogP contribution >= 0.6 is 0 Å². The maximum atomic E-state index is 11.7. The molecule has 2 fully saturated rings. The zero-order valence-electron chi connectivity index (χ0n) is 15.9. The summed E-state index contributed by atoms with van der Waals surface area (Å²) in [6, 6.07) is 7.56. The van der Waals surface area contributed by atoms with E-state index in [1.165, 1.54) is 0 Å². The number of hydrogen-bond acceptors (Lipinski definition) is 5. The largest absolute Gasteiger partial charge is 0.385 e. The topological polar surface area (TPSA) is 83.8 Å². The molecule has 0 spiro atoms. The van der Waals surface area contributed by atoms with Gasteiger partial charge in [0.15, 0.2) is 6.29 Å². The number of carbonyl (C=O) groups is 2. The molecule has 0 heterocycles. The molecule has 0 amide bonds. The van der Waals surface area contributed by atoms with E-state index in [0.29, 0.717) is 56.9 Å². The van der Waals surface area contributed by atoms with Gasteiger partial charge in [-0.3, -0.25) is 9.59 Å². The highest BCUT2D eigenvalue weighted by molar-refractivity contribution is 5.80. The molecule has 146 valence electrons. The van der Waals surface area contributed by atoms with Crippen LogP contribution in [0.5, 0.6) is 0 Å². The average Bonchev–Trinajstić information content (AvgIpc) is 2.66. The predicted molar refractivity (Wildman–Crippen MR) is 101 cm³/mol. The Morgan fingerprint density at radius 2 is 1.41 bits per heavy atom. The van der Waals surface area contributed by atoms with Gasteiger partial charge in [0.2, 0.25) is 0 Å². The fourth-order valence-corrected chi connectivity index (χ4v) is 4.04. The van der Waals surface area contributed by atoms with Crippen molar-refractivity contribution >= 4 is 11.6 Å². The van der Waals surface area contributed by atoms with Crippen molar-refractivity contribution in [3.63, 3.8) is 0 Å². The Balaban J connectivity index is 1.86. The summed E-state index contributed by atoms with van der Waals surface area (Å²) in [4.78, 5) is 23.2. The van der Waals surface area contributed by atoms with Gasteiger partial charge in [0.1, 0.15) is 11.6 Å². The molecule has 0 bridgehead atoms. The van der Waals surface area contributed by atoms with Crippen LogP contribution in [0.15, 0.2) is 36.4 Å². The van der Waals surface area contributed by atoms with Crippen LogP contribution in [-0.4, -0.2) is 28.1 Å². The fourth-order valence-electron chi connectivity index (χ4n) is 4.04. The first-order valence-corrected chi connectivity index (χ1v) is 9.62. The summed E-state index contributed by atoms with van der Waals surface area (Å²) in [5.74, 6) is 0.404. The second-order valence-electron chi connectivity index (χ2n) is 8.00. The molecule has 3 rings (SSSR count). The second kappa shape index (κ2) is 7.66. The highest BCUT2D eigenvalue weighted by Gasteiger charge is 2.40. The van der Waals surface area contributed by atoms with Gasteiger partial charge in [0.25, 0.3) is 0 Å². The SMILES string of the molecule is C=C(C)C(O)OC1(c2ccc(C3(O)CCC(=O)CC3)cc2)CCC(=O)CC1. The lowest BCUT2D eigenvalue weighted by molar-refractivity contribution is -0.186. The first-order valence-electron chi connectivity index (χ1n) is 9.62. The average molecular weight is 372 g/mol. The van der Waals surface area contributed by atoms with Crippen LogP contribution in [0.3, 0.4) is 0 Å². The smallest absolute Gasteiger partial charge is 0.177 e. The molecule has 2 saturated carbocycles. The van der Waals surface area contributed by atoms with Crippen molar-refractivity contribution in [2.75, 3.05) is 0 Å². The number of benzene rings is 1. The maximum absolute atomic E-state index is 11.7. The molecule has 2 N–H and O–H groups in total. The molecule has 1 aromatic carbocycles. The molecule has 1 atom stereocenters. The summed E-state index contributed by atoms with van der Waals surface area (Å²) in [7, 11) is 0. The number of rotatable bonds is 5. The van der Waals surface area contributed by atoms with Gasteiger partial charge < -0.3 is 14.9 Å². The number of Topliss-reactive ketones (excluding diaryl/α,β-unsaturated/α-hetero) is 2. The molecule has 0 aromatic heterocycles. The normalized spacial score (nSPS) is 23.1. The molecule has 2 aliphatic carbocycles. The van der Waals surface area contributed by atoms with Crippen LogP contribution in [0, 0.1) is 0 Å². The van der Waals surface area contributed by atoms with Crippen molar-refractivity contribution < 1.29 is 24.5 Å². The minimum atomic E-state index is -1.09. The Bertz CT molecular complexity index is 714. The van der Waals surface area contributed by atoms with E-state index in [4.69, 9.17) is 4.74 Å². The lowest BCUT2D eigenvalue weighted by atomic mass is 9.76. The van der Waals surface area contributed by atoms with Crippen LogP contribution in [0.4, 0.5) is 0 Å². The molecular formula is C22H28O5. The second-order valence-corrected chi connectivity index (χ2v) is 8.00. The zero-order valence-corrected chi connectivity index (χ0v) is 15.9. The summed E-state index contributed by atoms with van der Waals surface area (Å²) in [6.07, 6.45) is 2.43. The standard InChI is InChI=1S/C22H28O5/c1-15(2)20(25)27-22(13-9-19(24)10-14-22)17-5-3-16(4-6-17)21(26)11-7-18(23)8-12-21/h3-6,20,25-26H,1,7-14H2,2H3. The molecule has 0 radical (unpaired) electrons. The van der Waals surface area contributed by atoms with Gasteiger partial charge >= 0.3 is 0 Å². The van der Waals surface area contributed by atoms with Crippen LogP contribution < -0.4 is 0 Å². The number of ether oxygens (including phenoxy) is 1. The predicted octanol–water partition coefficient (Wildman–Crippen LogP) is 3.27. The zero-order chi connectivity index (χ0) is 19.7. The Morgan fingerprint density at radius 3 is 1.89 bits per heavy atom. The van der Waals surface area contributed by atoms with Crippen LogP contribution in [0.1, 0.15) is 69.4 Å². The van der Waals surface area contributed by atoms with Gasteiger partial charge in [-0.25, -0.2) is 0 Å². The molecule has 5 nitrogen and oxygen atoms in total. The van der Waals surface area contributed by atoms with Crippen molar-refractivity contribution in [3.8, 4) is 0 Å². The van der Waals surface area contributed by atoms with Crippen LogP contribution in [0.25, 0.3) is 0 Å². The number of carbonyl (C=O) groups excluding carboxylic acids is 2. The minimum absolute atomic E-state index is 0.198. The van der Waals surface area contributed by atoms with E-state index < -0.39 is 17.5 Å². The minimum Gasteiger partial charge on any atom is -0.385 e. The molecule has 2 aliphatic rings. The van der Waals surface area contributed by atoms with Gasteiger partial charge in [0, 0.05) is 25.7 Å². The summed E-state index contributed by atoms with van der Waals surface area (Å²) >= 11 is 0. The van der Waals surface area contributed by atoms with E-state index in [1.54, 1.807) is 6.92 Å². The summed E-state index contributed by atoms with van der Waals surface area (Å²) in [6.45, 7) is 5.45. The maximum Gasteiger partial charge on any atom is 0.177 e. The monoisotopic (exact) mass is 372 g/mol. The number of aliphatic hydroxyl groups excluding tert-OH is 1. The highest BCUT2D eigenvalue weighted by Crippen LogP contribution is 2.42. The quantitative estimate of drug-likeness (QED) is 0.612. The summed E-state index contributed by atoms with van der Waals surface area (Å²) < 4.78 is 6.00. The van der Waals surface area contributed by atoms with Crippen LogP contribution in [0.2, 0.25) is 0 Å².